The molecule has 96 valence electrons. The third-order valence-corrected chi connectivity index (χ3v) is 2.28. The zero-order chi connectivity index (χ0) is 13.5. The number of hydrogen-bond donors (Lipinski definition) is 2. The van der Waals surface area contributed by atoms with Crippen LogP contribution in [0.25, 0.3) is 6.08 Å². The van der Waals surface area contributed by atoms with Crippen molar-refractivity contribution < 1.29 is 19.4 Å². The summed E-state index contributed by atoms with van der Waals surface area (Å²) in [4.78, 5) is 21.6. The summed E-state index contributed by atoms with van der Waals surface area (Å²) in [5, 5.41) is 12.2. The molecule has 0 spiro atoms. The second kappa shape index (κ2) is 6.44. The van der Waals surface area contributed by atoms with Gasteiger partial charge in [0.2, 0.25) is 5.91 Å². The number of phenolic OH excluding ortho intramolecular Hbond substituents is 1. The number of carbonyl (C=O) groups excluding carboxylic acids is 2. The summed E-state index contributed by atoms with van der Waals surface area (Å²) in [5.74, 6) is 0.0752. The monoisotopic (exact) mass is 249 g/mol. The van der Waals surface area contributed by atoms with E-state index in [1.807, 2.05) is 0 Å². The van der Waals surface area contributed by atoms with Crippen LogP contribution in [0.15, 0.2) is 18.2 Å². The summed E-state index contributed by atoms with van der Waals surface area (Å²) in [6.07, 6.45) is 4.02. The lowest BCUT2D eigenvalue weighted by Gasteiger charge is -2.06. The van der Waals surface area contributed by atoms with Crippen molar-refractivity contribution >= 4 is 18.3 Å². The van der Waals surface area contributed by atoms with Gasteiger partial charge in [-0.15, -0.1) is 0 Å². The van der Waals surface area contributed by atoms with Crippen LogP contribution in [0.5, 0.6) is 11.5 Å². The fourth-order valence-electron chi connectivity index (χ4n) is 1.40. The first-order valence-corrected chi connectivity index (χ1v) is 5.35. The first kappa shape index (κ1) is 13.8. The molecular weight excluding hydrogens is 234 g/mol. The molecule has 0 saturated heterocycles. The molecule has 2 N–H and O–H groups in total. The molecule has 0 unspecified atom stereocenters. The molecule has 0 heterocycles. The van der Waals surface area contributed by atoms with Gasteiger partial charge in [0.25, 0.3) is 0 Å². The van der Waals surface area contributed by atoms with Gasteiger partial charge in [0.1, 0.15) is 0 Å². The average Bonchev–Trinajstić information content (AvgIpc) is 2.34. The molecule has 0 bridgehead atoms. The zero-order valence-electron chi connectivity index (χ0n) is 10.3. The molecule has 1 rings (SSSR count). The van der Waals surface area contributed by atoms with Gasteiger partial charge < -0.3 is 15.2 Å². The van der Waals surface area contributed by atoms with E-state index in [1.54, 1.807) is 12.2 Å². The average molecular weight is 249 g/mol. The van der Waals surface area contributed by atoms with Gasteiger partial charge in [0.05, 0.1) is 7.11 Å². The summed E-state index contributed by atoms with van der Waals surface area (Å²) in [7, 11) is 1.41. The Hall–Kier alpha value is -2.30. The summed E-state index contributed by atoms with van der Waals surface area (Å²) < 4.78 is 4.91. The maximum atomic E-state index is 10.9. The minimum atomic E-state index is -0.132. The van der Waals surface area contributed by atoms with E-state index in [9.17, 15) is 14.7 Å². The van der Waals surface area contributed by atoms with Crippen molar-refractivity contribution in [3.8, 4) is 11.5 Å². The Morgan fingerprint density at radius 1 is 1.44 bits per heavy atom. The number of ether oxygens (including phenoxy) is 1. The molecule has 0 aliphatic rings. The van der Waals surface area contributed by atoms with Crippen molar-refractivity contribution in [1.29, 1.82) is 0 Å². The van der Waals surface area contributed by atoms with E-state index in [-0.39, 0.29) is 17.4 Å². The van der Waals surface area contributed by atoms with Gasteiger partial charge >= 0.3 is 0 Å². The van der Waals surface area contributed by atoms with E-state index in [0.29, 0.717) is 24.0 Å². The molecule has 5 heteroatoms. The van der Waals surface area contributed by atoms with Crippen molar-refractivity contribution in [2.24, 2.45) is 0 Å². The normalized spacial score (nSPS) is 10.3. The maximum Gasteiger partial charge on any atom is 0.217 e. The first-order valence-electron chi connectivity index (χ1n) is 5.35. The molecule has 0 radical (unpaired) electrons. The summed E-state index contributed by atoms with van der Waals surface area (Å²) in [6.45, 7) is 1.78. The number of benzene rings is 1. The van der Waals surface area contributed by atoms with Gasteiger partial charge in [0, 0.05) is 19.0 Å². The third-order valence-electron chi connectivity index (χ3n) is 2.28. The van der Waals surface area contributed by atoms with E-state index >= 15 is 0 Å². The second-order valence-corrected chi connectivity index (χ2v) is 3.61. The largest absolute Gasteiger partial charge is 0.504 e. The molecule has 18 heavy (non-hydrogen) atoms. The number of aldehydes is 1. The van der Waals surface area contributed by atoms with Crippen molar-refractivity contribution in [2.75, 3.05) is 13.7 Å². The van der Waals surface area contributed by atoms with Crippen LogP contribution in [0.1, 0.15) is 22.8 Å². The highest BCUT2D eigenvalue weighted by atomic mass is 16.5. The predicted octanol–water partition coefficient (Wildman–Crippen LogP) is 1.36. The van der Waals surface area contributed by atoms with Gasteiger partial charge in [0.15, 0.2) is 17.8 Å². The van der Waals surface area contributed by atoms with E-state index < -0.39 is 0 Å². The Kier molecular flexibility index (Phi) is 4.92. The van der Waals surface area contributed by atoms with Crippen LogP contribution in [0, 0.1) is 0 Å². The molecule has 0 aliphatic carbocycles. The lowest BCUT2D eigenvalue weighted by atomic mass is 10.1. The number of aromatic hydroxyl groups is 1. The van der Waals surface area contributed by atoms with Crippen LogP contribution in [-0.2, 0) is 4.79 Å². The number of amides is 1. The molecule has 1 amide bonds. The smallest absolute Gasteiger partial charge is 0.217 e. The van der Waals surface area contributed by atoms with Crippen LogP contribution in [-0.4, -0.2) is 31.0 Å². The second-order valence-electron chi connectivity index (χ2n) is 3.61. The highest BCUT2D eigenvalue weighted by Gasteiger charge is 2.07. The number of rotatable bonds is 5. The SMILES string of the molecule is COc1cc(C=O)c(C=CCNC(C)=O)cc1O. The summed E-state index contributed by atoms with van der Waals surface area (Å²) >= 11 is 0. The van der Waals surface area contributed by atoms with Gasteiger partial charge in [-0.05, 0) is 17.7 Å². The van der Waals surface area contributed by atoms with Crippen molar-refractivity contribution in [3.05, 3.63) is 29.3 Å². The number of methoxy groups -OCH3 is 1. The standard InChI is InChI=1S/C13H15NO4/c1-9(16)14-5-3-4-10-6-12(17)13(18-2)7-11(10)8-15/h3-4,6-8,17H,5H2,1-2H3,(H,14,16). The van der Waals surface area contributed by atoms with Gasteiger partial charge in [-0.1, -0.05) is 12.2 Å². The molecule has 0 aromatic heterocycles. The van der Waals surface area contributed by atoms with E-state index in [2.05, 4.69) is 5.32 Å². The van der Waals surface area contributed by atoms with E-state index in [1.165, 1.54) is 26.2 Å². The van der Waals surface area contributed by atoms with E-state index in [0.717, 1.165) is 0 Å². The maximum absolute atomic E-state index is 10.9. The Labute approximate surface area is 105 Å². The first-order chi connectivity index (χ1) is 8.58. The van der Waals surface area contributed by atoms with Gasteiger partial charge in [-0.3, -0.25) is 9.59 Å². The lowest BCUT2D eigenvalue weighted by Crippen LogP contribution is -2.19. The predicted molar refractivity (Wildman–Crippen MR) is 67.8 cm³/mol. The van der Waals surface area contributed by atoms with E-state index in [4.69, 9.17) is 4.74 Å². The third kappa shape index (κ3) is 3.62. The van der Waals surface area contributed by atoms with Crippen LogP contribution in [0.4, 0.5) is 0 Å². The van der Waals surface area contributed by atoms with Crippen molar-refractivity contribution in [1.82, 2.24) is 5.32 Å². The summed E-state index contributed by atoms with van der Waals surface area (Å²) in [5.41, 5.74) is 0.970. The van der Waals surface area contributed by atoms with Crippen molar-refractivity contribution in [3.63, 3.8) is 0 Å². The molecule has 0 aliphatic heterocycles. The van der Waals surface area contributed by atoms with Crippen LogP contribution < -0.4 is 10.1 Å². The molecule has 0 saturated carbocycles. The van der Waals surface area contributed by atoms with Gasteiger partial charge in [-0.2, -0.15) is 0 Å². The van der Waals surface area contributed by atoms with Crippen LogP contribution in [0.2, 0.25) is 0 Å². The summed E-state index contributed by atoms with van der Waals surface area (Å²) in [6, 6.07) is 2.90. The minimum absolute atomic E-state index is 0.0396. The Balaban J connectivity index is 2.91. The number of nitrogens with one attached hydrogen (secondary N) is 1. The lowest BCUT2D eigenvalue weighted by molar-refractivity contribution is -0.118. The zero-order valence-corrected chi connectivity index (χ0v) is 10.3. The van der Waals surface area contributed by atoms with Crippen molar-refractivity contribution in [2.45, 2.75) is 6.92 Å². The fraction of sp³-hybridized carbons (Fsp3) is 0.231. The van der Waals surface area contributed by atoms with Gasteiger partial charge in [-0.25, -0.2) is 0 Å². The molecule has 0 fully saturated rings. The Bertz CT molecular complexity index is 480. The molecular formula is C13H15NO4. The van der Waals surface area contributed by atoms with Crippen LogP contribution >= 0.6 is 0 Å². The highest BCUT2D eigenvalue weighted by molar-refractivity contribution is 5.83. The Morgan fingerprint density at radius 2 is 2.17 bits per heavy atom. The van der Waals surface area contributed by atoms with Crippen LogP contribution in [0.3, 0.4) is 0 Å². The molecule has 1 aromatic carbocycles. The minimum Gasteiger partial charge on any atom is -0.504 e. The number of phenols is 1. The molecule has 5 nitrogen and oxygen atoms in total. The number of carbonyl (C=O) groups is 2. The Morgan fingerprint density at radius 3 is 2.72 bits per heavy atom. The molecule has 0 atom stereocenters. The quantitative estimate of drug-likeness (QED) is 0.773. The highest BCUT2D eigenvalue weighted by Crippen LogP contribution is 2.29. The number of hydrogen-bond acceptors (Lipinski definition) is 4. The topological polar surface area (TPSA) is 75.6 Å². The fourth-order valence-corrected chi connectivity index (χ4v) is 1.40. The molecule has 1 aromatic rings.